The van der Waals surface area contributed by atoms with Gasteiger partial charge in [-0.3, -0.25) is 14.6 Å². The summed E-state index contributed by atoms with van der Waals surface area (Å²) in [5.74, 6) is -2.07. The van der Waals surface area contributed by atoms with Gasteiger partial charge in [0.1, 0.15) is 11.7 Å². The number of carbonyl (C=O) groups excluding carboxylic acids is 2. The summed E-state index contributed by atoms with van der Waals surface area (Å²) in [7, 11) is 1.25. The molecule has 0 aliphatic carbocycles. The molecule has 5 rings (SSSR count). The molecule has 2 aromatic heterocycles. The van der Waals surface area contributed by atoms with Crippen molar-refractivity contribution in [2.24, 2.45) is 11.8 Å². The zero-order chi connectivity index (χ0) is 24.5. The van der Waals surface area contributed by atoms with Crippen molar-refractivity contribution in [1.82, 2.24) is 19.4 Å². The monoisotopic (exact) mass is 472 g/mol. The number of rotatable bonds is 5. The third-order valence-corrected chi connectivity index (χ3v) is 6.82. The number of pyridine rings is 1. The number of ether oxygens (including phenoxy) is 1. The largest absolute Gasteiger partial charge is 0.467 e. The van der Waals surface area contributed by atoms with Crippen molar-refractivity contribution in [2.75, 3.05) is 13.7 Å². The summed E-state index contributed by atoms with van der Waals surface area (Å²) >= 11 is 0. The van der Waals surface area contributed by atoms with E-state index in [1.807, 2.05) is 42.5 Å². The molecule has 3 aromatic rings. The molecule has 1 N–H and O–H groups in total. The molecule has 1 aromatic carbocycles. The Kier molecular flexibility index (Phi) is 6.00. The molecule has 1 amide bonds. The Bertz CT molecular complexity index is 1340. The highest BCUT2D eigenvalue weighted by Crippen LogP contribution is 2.49. The molecule has 35 heavy (non-hydrogen) atoms. The van der Waals surface area contributed by atoms with Gasteiger partial charge in [-0.2, -0.15) is 0 Å². The van der Waals surface area contributed by atoms with Crippen molar-refractivity contribution in [3.05, 3.63) is 93.9 Å². The Hall–Kier alpha value is -4.11. The van der Waals surface area contributed by atoms with Crippen molar-refractivity contribution < 1.29 is 19.4 Å². The first-order valence-corrected chi connectivity index (χ1v) is 11.3. The van der Waals surface area contributed by atoms with Crippen molar-refractivity contribution in [3.8, 4) is 0 Å². The predicted molar refractivity (Wildman–Crippen MR) is 127 cm³/mol. The van der Waals surface area contributed by atoms with Crippen LogP contribution >= 0.6 is 0 Å². The van der Waals surface area contributed by atoms with Gasteiger partial charge < -0.3 is 19.3 Å². The molecule has 0 unspecified atom stereocenters. The molecule has 0 radical (unpaired) electrons. The van der Waals surface area contributed by atoms with Crippen molar-refractivity contribution >= 4 is 24.0 Å². The normalized spacial score (nSPS) is 22.7. The standard InChI is InChI=1S/C26H24N4O5/c1-35-26(34)23-19(15-31)18-14-29-21(22(18)30(23)25(33)20-13-27-11-12-28-20)10-9-17(24(29)32)8-7-16-5-3-2-4-6-16/h2-13,18-19,22-23,31H,14-15H2,1H3/b8-7+/t18-,19-,22+,23-/m1/s1. The van der Waals surface area contributed by atoms with Gasteiger partial charge in [-0.05, 0) is 23.8 Å². The average Bonchev–Trinajstić information content (AvgIpc) is 3.43. The number of fused-ring (bicyclic) bond motifs is 3. The Morgan fingerprint density at radius 3 is 2.63 bits per heavy atom. The fraction of sp³-hybridized carbons (Fsp3) is 0.269. The lowest BCUT2D eigenvalue weighted by molar-refractivity contribution is -0.147. The first-order chi connectivity index (χ1) is 17.0. The van der Waals surface area contributed by atoms with Crippen LogP contribution in [0.3, 0.4) is 0 Å². The fourth-order valence-corrected chi connectivity index (χ4v) is 5.23. The van der Waals surface area contributed by atoms with Crippen LogP contribution in [0.4, 0.5) is 0 Å². The summed E-state index contributed by atoms with van der Waals surface area (Å²) < 4.78 is 6.63. The van der Waals surface area contributed by atoms with Gasteiger partial charge in [0.05, 0.1) is 19.3 Å². The van der Waals surface area contributed by atoms with Crippen molar-refractivity contribution in [1.29, 1.82) is 0 Å². The maximum absolute atomic E-state index is 13.5. The van der Waals surface area contributed by atoms with E-state index >= 15 is 0 Å². The summed E-state index contributed by atoms with van der Waals surface area (Å²) in [6, 6.07) is 11.6. The highest BCUT2D eigenvalue weighted by Gasteiger charge is 2.58. The van der Waals surface area contributed by atoms with Crippen LogP contribution in [0.5, 0.6) is 0 Å². The third kappa shape index (κ3) is 3.83. The number of likely N-dealkylation sites (tertiary alicyclic amines) is 1. The Labute approximate surface area is 201 Å². The van der Waals surface area contributed by atoms with E-state index < -0.39 is 29.9 Å². The molecule has 9 heteroatoms. The molecule has 4 atom stereocenters. The van der Waals surface area contributed by atoms with Crippen LogP contribution < -0.4 is 5.56 Å². The van der Waals surface area contributed by atoms with Gasteiger partial charge in [0.2, 0.25) is 0 Å². The van der Waals surface area contributed by atoms with Crippen molar-refractivity contribution in [2.45, 2.75) is 18.6 Å². The second-order valence-corrected chi connectivity index (χ2v) is 8.60. The Morgan fingerprint density at radius 2 is 1.94 bits per heavy atom. The number of aliphatic hydroxyl groups excluding tert-OH is 1. The summed E-state index contributed by atoms with van der Waals surface area (Å²) in [6.07, 6.45) is 7.82. The molecule has 2 aliphatic heterocycles. The summed E-state index contributed by atoms with van der Waals surface area (Å²) in [5.41, 5.74) is 1.97. The summed E-state index contributed by atoms with van der Waals surface area (Å²) in [5, 5.41) is 10.2. The van der Waals surface area contributed by atoms with Crippen LogP contribution in [-0.4, -0.2) is 56.2 Å². The highest BCUT2D eigenvalue weighted by molar-refractivity contribution is 5.96. The number of aromatic nitrogens is 3. The topological polar surface area (TPSA) is 115 Å². The zero-order valence-electron chi connectivity index (χ0n) is 19.0. The van der Waals surface area contributed by atoms with Gasteiger partial charge in [-0.15, -0.1) is 0 Å². The minimum absolute atomic E-state index is 0.0713. The number of carbonyl (C=O) groups is 2. The first-order valence-electron chi connectivity index (χ1n) is 11.3. The molecule has 1 saturated heterocycles. The summed E-state index contributed by atoms with van der Waals surface area (Å²) in [6.45, 7) is -0.0660. The Morgan fingerprint density at radius 1 is 1.14 bits per heavy atom. The lowest BCUT2D eigenvalue weighted by Crippen LogP contribution is -2.46. The molecule has 4 heterocycles. The SMILES string of the molecule is COC(=O)[C@H]1[C@H](CO)[C@H]2Cn3c(ccc(/C=C/c4ccccc4)c3=O)[C@H]2N1C(=O)c1cnccn1. The number of hydrogen-bond donors (Lipinski definition) is 1. The summed E-state index contributed by atoms with van der Waals surface area (Å²) in [4.78, 5) is 49.1. The van der Waals surface area contributed by atoms with Gasteiger partial charge >= 0.3 is 5.97 Å². The maximum atomic E-state index is 13.5. The fourth-order valence-electron chi connectivity index (χ4n) is 5.23. The number of esters is 1. The van der Waals surface area contributed by atoms with E-state index in [-0.39, 0.29) is 30.3 Å². The zero-order valence-corrected chi connectivity index (χ0v) is 19.0. The smallest absolute Gasteiger partial charge is 0.329 e. The van der Waals surface area contributed by atoms with Gasteiger partial charge in [0.15, 0.2) is 0 Å². The van der Waals surface area contributed by atoms with Crippen LogP contribution in [0.25, 0.3) is 12.2 Å². The van der Waals surface area contributed by atoms with Crippen molar-refractivity contribution in [3.63, 3.8) is 0 Å². The molecular formula is C26H24N4O5. The van der Waals surface area contributed by atoms with Crippen LogP contribution in [0.2, 0.25) is 0 Å². The van der Waals surface area contributed by atoms with E-state index in [0.717, 1.165) is 5.56 Å². The number of nitrogens with zero attached hydrogens (tertiary/aromatic N) is 4. The number of methoxy groups -OCH3 is 1. The van der Waals surface area contributed by atoms with Gasteiger partial charge in [-0.1, -0.05) is 36.4 Å². The second-order valence-electron chi connectivity index (χ2n) is 8.60. The van der Waals surface area contributed by atoms with E-state index in [4.69, 9.17) is 4.74 Å². The number of hydrogen-bond acceptors (Lipinski definition) is 7. The second kappa shape index (κ2) is 9.27. The number of benzene rings is 1. The minimum atomic E-state index is -1.00. The molecule has 0 saturated carbocycles. The van der Waals surface area contributed by atoms with Gasteiger partial charge in [0.25, 0.3) is 11.5 Å². The Balaban J connectivity index is 1.57. The van der Waals surface area contributed by atoms with Gasteiger partial charge in [-0.25, -0.2) is 9.78 Å². The van der Waals surface area contributed by atoms with Crippen LogP contribution in [0.1, 0.15) is 33.4 Å². The minimum Gasteiger partial charge on any atom is -0.467 e. The highest BCUT2D eigenvalue weighted by atomic mass is 16.5. The molecule has 1 fully saturated rings. The average molecular weight is 473 g/mol. The van der Waals surface area contributed by atoms with E-state index in [1.54, 1.807) is 16.7 Å². The predicted octanol–water partition coefficient (Wildman–Crippen LogP) is 1.79. The van der Waals surface area contributed by atoms with E-state index in [2.05, 4.69) is 9.97 Å². The third-order valence-electron chi connectivity index (χ3n) is 6.82. The molecular weight excluding hydrogens is 448 g/mol. The lowest BCUT2D eigenvalue weighted by atomic mass is 9.88. The molecule has 0 bridgehead atoms. The molecule has 9 nitrogen and oxygen atoms in total. The lowest BCUT2D eigenvalue weighted by Gasteiger charge is -2.29. The maximum Gasteiger partial charge on any atom is 0.329 e. The van der Waals surface area contributed by atoms with Gasteiger partial charge in [0, 0.05) is 48.6 Å². The van der Waals surface area contributed by atoms with Crippen LogP contribution in [0, 0.1) is 11.8 Å². The number of aliphatic hydroxyl groups is 1. The van der Waals surface area contributed by atoms with Crippen LogP contribution in [0.15, 0.2) is 65.8 Å². The molecule has 178 valence electrons. The van der Waals surface area contributed by atoms with E-state index in [9.17, 15) is 19.5 Å². The molecule has 0 spiro atoms. The number of amides is 1. The first kappa shape index (κ1) is 22.7. The quantitative estimate of drug-likeness (QED) is 0.563. The van der Waals surface area contributed by atoms with E-state index in [1.165, 1.54) is 30.6 Å². The van der Waals surface area contributed by atoms with Crippen LogP contribution in [-0.2, 0) is 16.1 Å². The van der Waals surface area contributed by atoms with E-state index in [0.29, 0.717) is 11.3 Å². The molecule has 2 aliphatic rings.